The highest BCUT2D eigenvalue weighted by molar-refractivity contribution is 6.01. The Balaban J connectivity index is 2.11. The predicted molar refractivity (Wildman–Crippen MR) is 59.7 cm³/mol. The molecule has 0 unspecified atom stereocenters. The molecule has 1 aromatic rings. The number of allylic oxidation sites excluding steroid dienone is 4. The third-order valence-electron chi connectivity index (χ3n) is 3.29. The summed E-state index contributed by atoms with van der Waals surface area (Å²) in [5.74, 6) is 0.727. The second kappa shape index (κ2) is 3.20. The average molecular weight is 196 g/mol. The van der Waals surface area contributed by atoms with E-state index in [9.17, 15) is 4.79 Å². The Kier molecular flexibility index (Phi) is 1.84. The molecule has 0 amide bonds. The highest BCUT2D eigenvalue weighted by Crippen LogP contribution is 2.33. The minimum atomic E-state index is 0.0740. The summed E-state index contributed by atoms with van der Waals surface area (Å²) in [6.07, 6.45) is 9.20. The largest absolute Gasteiger partial charge is 0.293 e. The maximum atomic E-state index is 12.2. The standard InChI is InChI=1S/C14H12O/c15-14-12-7-3-1-5-10(12)9-11-6-2-4-8-13(11)14/h1-8,10,12H,9H2/t10-,12+/m0/s1. The van der Waals surface area contributed by atoms with Crippen molar-refractivity contribution >= 4 is 5.78 Å². The third kappa shape index (κ3) is 1.27. The maximum Gasteiger partial charge on any atom is 0.170 e. The number of rotatable bonds is 0. The second-order valence-corrected chi connectivity index (χ2v) is 4.18. The van der Waals surface area contributed by atoms with Gasteiger partial charge < -0.3 is 0 Å². The Morgan fingerprint density at radius 1 is 1.07 bits per heavy atom. The van der Waals surface area contributed by atoms with Crippen molar-refractivity contribution in [3.8, 4) is 0 Å². The van der Waals surface area contributed by atoms with Crippen molar-refractivity contribution in [3.63, 3.8) is 0 Å². The van der Waals surface area contributed by atoms with Gasteiger partial charge in [0.1, 0.15) is 0 Å². The van der Waals surface area contributed by atoms with Crippen molar-refractivity contribution in [3.05, 3.63) is 59.7 Å². The van der Waals surface area contributed by atoms with E-state index in [0.717, 1.165) is 12.0 Å². The van der Waals surface area contributed by atoms with Crippen LogP contribution in [0.1, 0.15) is 15.9 Å². The number of benzene rings is 1. The summed E-state index contributed by atoms with van der Waals surface area (Å²) in [7, 11) is 0. The summed E-state index contributed by atoms with van der Waals surface area (Å²) < 4.78 is 0. The van der Waals surface area contributed by atoms with Crippen LogP contribution in [0.25, 0.3) is 0 Å². The Morgan fingerprint density at radius 3 is 2.80 bits per heavy atom. The molecule has 1 heteroatoms. The summed E-state index contributed by atoms with van der Waals surface area (Å²) in [4.78, 5) is 12.2. The molecule has 2 aliphatic rings. The normalized spacial score (nSPS) is 27.3. The molecule has 0 aromatic heterocycles. The Hall–Kier alpha value is -1.63. The van der Waals surface area contributed by atoms with Gasteiger partial charge in [0.25, 0.3) is 0 Å². The Morgan fingerprint density at radius 2 is 1.87 bits per heavy atom. The molecule has 74 valence electrons. The lowest BCUT2D eigenvalue weighted by Crippen LogP contribution is -2.29. The first-order chi connectivity index (χ1) is 7.36. The number of hydrogen-bond donors (Lipinski definition) is 0. The van der Waals surface area contributed by atoms with Gasteiger partial charge in [0.05, 0.1) is 0 Å². The number of carbonyl (C=O) groups is 1. The first kappa shape index (κ1) is 8.66. The fourth-order valence-electron chi connectivity index (χ4n) is 2.50. The molecule has 2 aliphatic carbocycles. The van der Waals surface area contributed by atoms with Crippen LogP contribution in [0.4, 0.5) is 0 Å². The third-order valence-corrected chi connectivity index (χ3v) is 3.29. The molecule has 2 atom stereocenters. The molecule has 0 N–H and O–H groups in total. The lowest BCUT2D eigenvalue weighted by molar-refractivity contribution is 0.0908. The van der Waals surface area contributed by atoms with E-state index in [2.05, 4.69) is 12.1 Å². The summed E-state index contributed by atoms with van der Waals surface area (Å²) in [5.41, 5.74) is 2.11. The lowest BCUT2D eigenvalue weighted by Gasteiger charge is -2.29. The van der Waals surface area contributed by atoms with Gasteiger partial charge in [0, 0.05) is 11.5 Å². The maximum absolute atomic E-state index is 12.2. The second-order valence-electron chi connectivity index (χ2n) is 4.18. The zero-order valence-corrected chi connectivity index (χ0v) is 8.39. The number of Topliss-reactive ketones (excluding diaryl/α,β-unsaturated/α-hetero) is 1. The summed E-state index contributed by atoms with van der Waals surface area (Å²) in [6, 6.07) is 7.96. The molecule has 0 fully saturated rings. The van der Waals surface area contributed by atoms with E-state index in [1.807, 2.05) is 36.4 Å². The van der Waals surface area contributed by atoms with Crippen molar-refractivity contribution in [2.24, 2.45) is 11.8 Å². The molecule has 0 aliphatic heterocycles. The summed E-state index contributed by atoms with van der Waals surface area (Å²) in [6.45, 7) is 0. The topological polar surface area (TPSA) is 17.1 Å². The number of hydrogen-bond acceptors (Lipinski definition) is 1. The summed E-state index contributed by atoms with van der Waals surface area (Å²) in [5, 5.41) is 0. The van der Waals surface area contributed by atoms with Crippen LogP contribution in [0.5, 0.6) is 0 Å². The lowest BCUT2D eigenvalue weighted by atomic mass is 9.73. The monoisotopic (exact) mass is 196 g/mol. The molecule has 0 bridgehead atoms. The first-order valence-electron chi connectivity index (χ1n) is 5.33. The van der Waals surface area contributed by atoms with E-state index < -0.39 is 0 Å². The van der Waals surface area contributed by atoms with E-state index >= 15 is 0 Å². The molecule has 0 saturated heterocycles. The van der Waals surface area contributed by atoms with E-state index in [1.54, 1.807) is 0 Å². The van der Waals surface area contributed by atoms with Gasteiger partial charge in [-0.25, -0.2) is 0 Å². The fourth-order valence-corrected chi connectivity index (χ4v) is 2.50. The van der Waals surface area contributed by atoms with Gasteiger partial charge in [-0.1, -0.05) is 48.6 Å². The number of fused-ring (bicyclic) bond motifs is 2. The minimum Gasteiger partial charge on any atom is -0.293 e. The van der Waals surface area contributed by atoms with Crippen LogP contribution < -0.4 is 0 Å². The number of carbonyl (C=O) groups excluding carboxylic acids is 1. The molecule has 3 rings (SSSR count). The van der Waals surface area contributed by atoms with Crippen LogP contribution in [0.3, 0.4) is 0 Å². The molecule has 0 spiro atoms. The smallest absolute Gasteiger partial charge is 0.170 e. The van der Waals surface area contributed by atoms with Gasteiger partial charge in [-0.2, -0.15) is 0 Å². The van der Waals surface area contributed by atoms with Crippen LogP contribution in [0.2, 0.25) is 0 Å². The SMILES string of the molecule is O=C1c2ccccc2C[C@@H]2C=CC=C[C@@H]12. The molecular formula is C14H12O. The van der Waals surface area contributed by atoms with Crippen molar-refractivity contribution in [1.82, 2.24) is 0 Å². The van der Waals surface area contributed by atoms with Gasteiger partial charge in [-0.05, 0) is 17.9 Å². The van der Waals surface area contributed by atoms with E-state index in [-0.39, 0.29) is 11.7 Å². The Labute approximate surface area is 89.1 Å². The van der Waals surface area contributed by atoms with Crippen LogP contribution in [-0.2, 0) is 6.42 Å². The van der Waals surface area contributed by atoms with Crippen molar-refractivity contribution in [1.29, 1.82) is 0 Å². The van der Waals surface area contributed by atoms with Crippen LogP contribution in [-0.4, -0.2) is 5.78 Å². The molecule has 0 radical (unpaired) electrons. The zero-order chi connectivity index (χ0) is 10.3. The van der Waals surface area contributed by atoms with Gasteiger partial charge in [0.2, 0.25) is 0 Å². The van der Waals surface area contributed by atoms with Crippen molar-refractivity contribution in [2.75, 3.05) is 0 Å². The van der Waals surface area contributed by atoms with Gasteiger partial charge in [0.15, 0.2) is 5.78 Å². The zero-order valence-electron chi connectivity index (χ0n) is 8.39. The molecule has 0 heterocycles. The van der Waals surface area contributed by atoms with Crippen molar-refractivity contribution in [2.45, 2.75) is 6.42 Å². The average Bonchev–Trinajstić information content (AvgIpc) is 2.30. The van der Waals surface area contributed by atoms with E-state index in [0.29, 0.717) is 5.92 Å². The number of ketones is 1. The van der Waals surface area contributed by atoms with Gasteiger partial charge in [-0.15, -0.1) is 0 Å². The Bertz CT molecular complexity index is 468. The molecule has 1 nitrogen and oxygen atoms in total. The van der Waals surface area contributed by atoms with E-state index in [4.69, 9.17) is 0 Å². The van der Waals surface area contributed by atoms with E-state index in [1.165, 1.54) is 5.56 Å². The molecular weight excluding hydrogens is 184 g/mol. The highest BCUT2D eigenvalue weighted by Gasteiger charge is 2.32. The fraction of sp³-hybridized carbons (Fsp3) is 0.214. The van der Waals surface area contributed by atoms with Crippen LogP contribution >= 0.6 is 0 Å². The molecule has 15 heavy (non-hydrogen) atoms. The first-order valence-corrected chi connectivity index (χ1v) is 5.33. The highest BCUT2D eigenvalue weighted by atomic mass is 16.1. The van der Waals surface area contributed by atoms with Gasteiger partial charge in [-0.3, -0.25) is 4.79 Å². The molecule has 1 aromatic carbocycles. The summed E-state index contributed by atoms with van der Waals surface area (Å²) >= 11 is 0. The molecule has 0 saturated carbocycles. The van der Waals surface area contributed by atoms with Crippen LogP contribution in [0.15, 0.2) is 48.6 Å². The quantitative estimate of drug-likeness (QED) is 0.623. The minimum absolute atomic E-state index is 0.0740. The van der Waals surface area contributed by atoms with Gasteiger partial charge >= 0.3 is 0 Å². The van der Waals surface area contributed by atoms with Crippen LogP contribution in [0, 0.1) is 11.8 Å². The van der Waals surface area contributed by atoms with Crippen molar-refractivity contribution < 1.29 is 4.79 Å². The predicted octanol–water partition coefficient (Wildman–Crippen LogP) is 2.78.